The Labute approximate surface area is 123 Å². The predicted molar refractivity (Wildman–Crippen MR) is 80.3 cm³/mol. The maximum Gasteiger partial charge on any atom is 0.252 e. The maximum absolute atomic E-state index is 12.0. The highest BCUT2D eigenvalue weighted by Gasteiger charge is 2.10. The molecule has 0 atom stereocenters. The molecule has 0 heterocycles. The van der Waals surface area contributed by atoms with Crippen LogP contribution in [0.25, 0.3) is 0 Å². The van der Waals surface area contributed by atoms with Crippen LogP contribution in [-0.4, -0.2) is 45.5 Å². The predicted octanol–water partition coefficient (Wildman–Crippen LogP) is 2.03. The number of methoxy groups -OCH3 is 1. The number of halogens is 1. The molecule has 0 saturated heterocycles. The van der Waals surface area contributed by atoms with Crippen LogP contribution in [0.5, 0.6) is 0 Å². The summed E-state index contributed by atoms with van der Waals surface area (Å²) in [7, 11) is 1.66. The summed E-state index contributed by atoms with van der Waals surface area (Å²) in [5.74, 6) is -0.144. The zero-order valence-corrected chi connectivity index (χ0v) is 12.7. The van der Waals surface area contributed by atoms with Crippen molar-refractivity contribution in [3.8, 4) is 0 Å². The molecule has 0 radical (unpaired) electrons. The summed E-state index contributed by atoms with van der Waals surface area (Å²) in [6, 6.07) is 5.45. The van der Waals surface area contributed by atoms with Crippen molar-refractivity contribution in [3.05, 3.63) is 28.8 Å². The van der Waals surface area contributed by atoms with Crippen LogP contribution in [-0.2, 0) is 4.74 Å². The summed E-state index contributed by atoms with van der Waals surface area (Å²) in [5, 5.41) is 6.46. The highest BCUT2D eigenvalue weighted by Crippen LogP contribution is 2.22. The number of hydrogen-bond donors (Lipinski definition) is 2. The Morgan fingerprint density at radius 2 is 2.16 bits per heavy atom. The van der Waals surface area contributed by atoms with Gasteiger partial charge in [0.15, 0.2) is 0 Å². The zero-order valence-electron chi connectivity index (χ0n) is 11.2. The van der Waals surface area contributed by atoms with Crippen LogP contribution in [0.15, 0.2) is 23.1 Å². The van der Waals surface area contributed by atoms with Gasteiger partial charge in [-0.3, -0.25) is 4.79 Å². The van der Waals surface area contributed by atoms with E-state index in [2.05, 4.69) is 10.6 Å². The minimum Gasteiger partial charge on any atom is -0.383 e. The quantitative estimate of drug-likeness (QED) is 0.570. The van der Waals surface area contributed by atoms with Crippen molar-refractivity contribution in [3.63, 3.8) is 0 Å². The van der Waals surface area contributed by atoms with Gasteiger partial charge in [0.2, 0.25) is 0 Å². The molecule has 1 aromatic rings. The third kappa shape index (κ3) is 5.82. The molecule has 19 heavy (non-hydrogen) atoms. The largest absolute Gasteiger partial charge is 0.383 e. The lowest BCUT2D eigenvalue weighted by Crippen LogP contribution is -2.33. The van der Waals surface area contributed by atoms with Gasteiger partial charge in [-0.2, -0.15) is 0 Å². The minimum absolute atomic E-state index is 0.144. The first-order chi connectivity index (χ1) is 9.19. The fourth-order valence-corrected chi connectivity index (χ4v) is 2.11. The lowest BCUT2D eigenvalue weighted by Gasteiger charge is -2.08. The van der Waals surface area contributed by atoms with Gasteiger partial charge in [-0.25, -0.2) is 0 Å². The van der Waals surface area contributed by atoms with Gasteiger partial charge in [0.1, 0.15) is 0 Å². The van der Waals surface area contributed by atoms with E-state index in [1.54, 1.807) is 31.0 Å². The van der Waals surface area contributed by atoms with E-state index in [-0.39, 0.29) is 5.91 Å². The molecule has 0 aromatic heterocycles. The molecule has 0 unspecified atom stereocenters. The van der Waals surface area contributed by atoms with Crippen molar-refractivity contribution in [2.45, 2.75) is 4.90 Å². The first-order valence-corrected chi connectivity index (χ1v) is 7.60. The van der Waals surface area contributed by atoms with Crippen molar-refractivity contribution in [2.24, 2.45) is 0 Å². The van der Waals surface area contributed by atoms with Crippen LogP contribution in [0.3, 0.4) is 0 Å². The lowest BCUT2D eigenvalue weighted by atomic mass is 10.2. The molecule has 0 saturated carbocycles. The van der Waals surface area contributed by atoms with Crippen LogP contribution < -0.4 is 10.6 Å². The van der Waals surface area contributed by atoms with Crippen LogP contribution in [0.4, 0.5) is 0 Å². The van der Waals surface area contributed by atoms with Gasteiger partial charge in [0.25, 0.3) is 5.91 Å². The third-order valence-electron chi connectivity index (χ3n) is 2.49. The summed E-state index contributed by atoms with van der Waals surface area (Å²) in [6.45, 7) is 2.70. The fraction of sp³-hybridized carbons (Fsp3) is 0.462. The second kappa shape index (κ2) is 9.20. The summed E-state index contributed by atoms with van der Waals surface area (Å²) in [4.78, 5) is 13.0. The van der Waals surface area contributed by atoms with Crippen LogP contribution in [0.1, 0.15) is 10.4 Å². The Balaban J connectivity index is 2.40. The average Bonchev–Trinajstić information content (AvgIpc) is 2.43. The Morgan fingerprint density at radius 1 is 1.37 bits per heavy atom. The molecule has 0 aliphatic heterocycles. The third-order valence-corrected chi connectivity index (χ3v) is 3.54. The van der Waals surface area contributed by atoms with Gasteiger partial charge >= 0.3 is 0 Å². The molecule has 0 aliphatic rings. The van der Waals surface area contributed by atoms with Gasteiger partial charge in [-0.15, -0.1) is 11.8 Å². The molecule has 4 nitrogen and oxygen atoms in total. The van der Waals surface area contributed by atoms with E-state index in [1.165, 1.54) is 0 Å². The average molecular weight is 303 g/mol. The molecule has 0 spiro atoms. The number of thioether (sulfide) groups is 1. The molecular weight excluding hydrogens is 284 g/mol. The monoisotopic (exact) mass is 302 g/mol. The van der Waals surface area contributed by atoms with E-state index >= 15 is 0 Å². The second-order valence-electron chi connectivity index (χ2n) is 3.84. The van der Waals surface area contributed by atoms with Gasteiger partial charge in [0, 0.05) is 31.6 Å². The maximum atomic E-state index is 12.0. The Hall–Kier alpha value is -0.750. The molecule has 1 aromatic carbocycles. The van der Waals surface area contributed by atoms with E-state index in [1.807, 2.05) is 12.3 Å². The van der Waals surface area contributed by atoms with Crippen molar-refractivity contribution < 1.29 is 9.53 Å². The normalized spacial score (nSPS) is 10.5. The number of amides is 1. The SMILES string of the molecule is COCCNCCNC(=O)c1cc(SC)ccc1Cl. The summed E-state index contributed by atoms with van der Waals surface area (Å²) < 4.78 is 4.91. The molecule has 6 heteroatoms. The molecule has 1 amide bonds. The van der Waals surface area contributed by atoms with Crippen molar-refractivity contribution >= 4 is 29.3 Å². The van der Waals surface area contributed by atoms with Crippen molar-refractivity contribution in [1.29, 1.82) is 0 Å². The number of carbonyl (C=O) groups is 1. The van der Waals surface area contributed by atoms with E-state index in [0.29, 0.717) is 30.3 Å². The van der Waals surface area contributed by atoms with Gasteiger partial charge < -0.3 is 15.4 Å². The van der Waals surface area contributed by atoms with Crippen LogP contribution >= 0.6 is 23.4 Å². The Kier molecular flexibility index (Phi) is 7.90. The Bertz CT molecular complexity index is 416. The number of ether oxygens (including phenoxy) is 1. The van der Waals surface area contributed by atoms with E-state index in [0.717, 1.165) is 11.4 Å². The smallest absolute Gasteiger partial charge is 0.252 e. The van der Waals surface area contributed by atoms with Crippen LogP contribution in [0, 0.1) is 0 Å². The second-order valence-corrected chi connectivity index (χ2v) is 5.13. The van der Waals surface area contributed by atoms with E-state index in [4.69, 9.17) is 16.3 Å². The van der Waals surface area contributed by atoms with E-state index < -0.39 is 0 Å². The number of hydrogen-bond acceptors (Lipinski definition) is 4. The molecule has 2 N–H and O–H groups in total. The number of benzene rings is 1. The molecule has 0 aliphatic carbocycles. The highest BCUT2D eigenvalue weighted by molar-refractivity contribution is 7.98. The molecule has 0 bridgehead atoms. The Morgan fingerprint density at radius 3 is 2.84 bits per heavy atom. The number of rotatable bonds is 8. The molecular formula is C13H19ClN2O2S. The molecule has 1 rings (SSSR count). The van der Waals surface area contributed by atoms with Crippen molar-refractivity contribution in [2.75, 3.05) is 39.6 Å². The summed E-state index contributed by atoms with van der Waals surface area (Å²) >= 11 is 7.61. The van der Waals surface area contributed by atoms with Crippen molar-refractivity contribution in [1.82, 2.24) is 10.6 Å². The first kappa shape index (κ1) is 16.3. The first-order valence-electron chi connectivity index (χ1n) is 6.00. The molecule has 106 valence electrons. The number of nitrogens with one attached hydrogen (secondary N) is 2. The van der Waals surface area contributed by atoms with Gasteiger partial charge in [-0.1, -0.05) is 11.6 Å². The topological polar surface area (TPSA) is 50.4 Å². The van der Waals surface area contributed by atoms with Gasteiger partial charge in [-0.05, 0) is 24.5 Å². The summed E-state index contributed by atoms with van der Waals surface area (Å²) in [5.41, 5.74) is 0.519. The number of carbonyl (C=O) groups excluding carboxylic acids is 1. The standard InChI is InChI=1S/C13H19ClN2O2S/c1-18-8-7-15-5-6-16-13(17)11-9-10(19-2)3-4-12(11)14/h3-4,9,15H,5-8H2,1-2H3,(H,16,17). The van der Waals surface area contributed by atoms with E-state index in [9.17, 15) is 4.79 Å². The lowest BCUT2D eigenvalue weighted by molar-refractivity contribution is 0.0953. The highest BCUT2D eigenvalue weighted by atomic mass is 35.5. The zero-order chi connectivity index (χ0) is 14.1. The molecule has 0 fully saturated rings. The minimum atomic E-state index is -0.144. The summed E-state index contributed by atoms with van der Waals surface area (Å²) in [6.07, 6.45) is 1.96. The van der Waals surface area contributed by atoms with Gasteiger partial charge in [0.05, 0.1) is 17.2 Å². The van der Waals surface area contributed by atoms with Crippen LogP contribution in [0.2, 0.25) is 5.02 Å². The fourth-order valence-electron chi connectivity index (χ4n) is 1.46.